The molecule has 1 unspecified atom stereocenters. The summed E-state index contributed by atoms with van der Waals surface area (Å²) in [7, 11) is 0. The molecule has 1 atom stereocenters. The lowest BCUT2D eigenvalue weighted by atomic mass is 10.2. The predicted octanol–water partition coefficient (Wildman–Crippen LogP) is 2.73. The molecule has 0 N–H and O–H groups in total. The van der Waals surface area contributed by atoms with Crippen molar-refractivity contribution in [1.82, 2.24) is 24.5 Å². The van der Waals surface area contributed by atoms with Crippen molar-refractivity contribution in [2.45, 2.75) is 31.7 Å². The fourth-order valence-corrected chi connectivity index (χ4v) is 4.32. The highest BCUT2D eigenvalue weighted by molar-refractivity contribution is 7.99. The Morgan fingerprint density at radius 2 is 2.04 bits per heavy atom. The Morgan fingerprint density at radius 1 is 1.19 bits per heavy atom. The van der Waals surface area contributed by atoms with E-state index in [1.54, 1.807) is 11.8 Å². The maximum Gasteiger partial charge on any atom is 0.256 e. The van der Waals surface area contributed by atoms with Crippen molar-refractivity contribution in [1.29, 1.82) is 0 Å². The van der Waals surface area contributed by atoms with E-state index < -0.39 is 0 Å². The van der Waals surface area contributed by atoms with Crippen LogP contribution < -0.4 is 0 Å². The van der Waals surface area contributed by atoms with Gasteiger partial charge in [-0.1, -0.05) is 42.1 Å². The van der Waals surface area contributed by atoms with E-state index in [0.29, 0.717) is 5.78 Å². The molecule has 1 aliphatic heterocycles. The Labute approximate surface area is 157 Å². The Bertz CT molecular complexity index is 882. The normalized spacial score (nSPS) is 18.5. The van der Waals surface area contributed by atoms with Crippen molar-refractivity contribution in [3.05, 3.63) is 53.3 Å². The van der Waals surface area contributed by atoms with Crippen LogP contribution in [0.2, 0.25) is 0 Å². The van der Waals surface area contributed by atoms with Gasteiger partial charge in [0.25, 0.3) is 5.78 Å². The van der Waals surface area contributed by atoms with Crippen LogP contribution in [0.1, 0.15) is 17.0 Å². The molecule has 6 nitrogen and oxygen atoms in total. The van der Waals surface area contributed by atoms with Gasteiger partial charge in [0.05, 0.1) is 12.7 Å². The third-order valence-electron chi connectivity index (χ3n) is 4.53. The maximum absolute atomic E-state index is 5.97. The molecule has 1 aromatic carbocycles. The van der Waals surface area contributed by atoms with Gasteiger partial charge in [-0.25, -0.2) is 4.98 Å². The molecule has 2 aromatic heterocycles. The van der Waals surface area contributed by atoms with Crippen LogP contribution in [0.5, 0.6) is 0 Å². The highest BCUT2D eigenvalue weighted by Crippen LogP contribution is 2.22. The second-order valence-electron chi connectivity index (χ2n) is 6.68. The van der Waals surface area contributed by atoms with E-state index in [-0.39, 0.29) is 6.10 Å². The first kappa shape index (κ1) is 17.5. The maximum atomic E-state index is 5.97. The van der Waals surface area contributed by atoms with Gasteiger partial charge in [-0.05, 0) is 25.5 Å². The van der Waals surface area contributed by atoms with Crippen LogP contribution in [-0.2, 0) is 11.3 Å². The molecule has 0 bridgehead atoms. The number of aromatic nitrogens is 4. The summed E-state index contributed by atoms with van der Waals surface area (Å²) in [6.07, 6.45) is 0.198. The molecular formula is C19H23N5OS. The van der Waals surface area contributed by atoms with Crippen LogP contribution in [-0.4, -0.2) is 56.0 Å². The zero-order chi connectivity index (χ0) is 17.9. The molecule has 0 amide bonds. The van der Waals surface area contributed by atoms with Crippen LogP contribution in [0.25, 0.3) is 5.78 Å². The van der Waals surface area contributed by atoms with Crippen molar-refractivity contribution < 1.29 is 4.74 Å². The third-order valence-corrected chi connectivity index (χ3v) is 5.59. The van der Waals surface area contributed by atoms with Crippen molar-refractivity contribution in [2.75, 3.05) is 25.4 Å². The molecule has 1 saturated heterocycles. The minimum absolute atomic E-state index is 0.198. The van der Waals surface area contributed by atoms with E-state index in [0.717, 1.165) is 48.5 Å². The SMILES string of the molecule is Cc1cc(C)n2c(SCC3CN(Cc4ccccc4)CCO3)nnc2n1. The Morgan fingerprint density at radius 3 is 2.88 bits per heavy atom. The minimum Gasteiger partial charge on any atom is -0.375 e. The van der Waals surface area contributed by atoms with Gasteiger partial charge in [-0.2, -0.15) is 0 Å². The van der Waals surface area contributed by atoms with Gasteiger partial charge in [-0.3, -0.25) is 9.30 Å². The van der Waals surface area contributed by atoms with Gasteiger partial charge in [0, 0.05) is 36.8 Å². The summed E-state index contributed by atoms with van der Waals surface area (Å²) in [5, 5.41) is 9.40. The first-order chi connectivity index (χ1) is 12.7. The van der Waals surface area contributed by atoms with E-state index in [1.165, 1.54) is 5.56 Å². The number of ether oxygens (including phenoxy) is 1. The van der Waals surface area contributed by atoms with Crippen molar-refractivity contribution in [3.8, 4) is 0 Å². The summed E-state index contributed by atoms with van der Waals surface area (Å²) in [4.78, 5) is 6.91. The van der Waals surface area contributed by atoms with Gasteiger partial charge in [0.2, 0.25) is 0 Å². The van der Waals surface area contributed by atoms with Crippen molar-refractivity contribution >= 4 is 17.5 Å². The molecule has 3 heterocycles. The van der Waals surface area contributed by atoms with E-state index in [9.17, 15) is 0 Å². The number of nitrogens with zero attached hydrogens (tertiary/aromatic N) is 5. The lowest BCUT2D eigenvalue weighted by Gasteiger charge is -2.32. The highest BCUT2D eigenvalue weighted by Gasteiger charge is 2.22. The Balaban J connectivity index is 1.39. The third kappa shape index (κ3) is 3.90. The number of thioether (sulfide) groups is 1. The molecule has 136 valence electrons. The van der Waals surface area contributed by atoms with Crippen molar-refractivity contribution in [2.24, 2.45) is 0 Å². The van der Waals surface area contributed by atoms with Gasteiger partial charge in [-0.15, -0.1) is 10.2 Å². The van der Waals surface area contributed by atoms with Gasteiger partial charge in [0.1, 0.15) is 0 Å². The van der Waals surface area contributed by atoms with E-state index in [2.05, 4.69) is 63.4 Å². The quantitative estimate of drug-likeness (QED) is 0.645. The van der Waals surface area contributed by atoms with Crippen LogP contribution in [0.3, 0.4) is 0 Å². The molecule has 3 aromatic rings. The zero-order valence-electron chi connectivity index (χ0n) is 15.1. The molecular weight excluding hydrogens is 346 g/mol. The van der Waals surface area contributed by atoms with Gasteiger partial charge >= 0.3 is 0 Å². The average Bonchev–Trinajstić information content (AvgIpc) is 3.04. The van der Waals surface area contributed by atoms with Crippen LogP contribution in [0.15, 0.2) is 41.6 Å². The molecule has 4 rings (SSSR count). The van der Waals surface area contributed by atoms with Crippen LogP contribution >= 0.6 is 11.8 Å². The smallest absolute Gasteiger partial charge is 0.256 e. The Kier molecular flexibility index (Phi) is 5.19. The average molecular weight is 369 g/mol. The first-order valence-electron chi connectivity index (χ1n) is 8.89. The number of hydrogen-bond acceptors (Lipinski definition) is 6. The lowest BCUT2D eigenvalue weighted by Crippen LogP contribution is -2.43. The summed E-state index contributed by atoms with van der Waals surface area (Å²) in [5.74, 6) is 1.53. The second-order valence-corrected chi connectivity index (χ2v) is 7.67. The van der Waals surface area contributed by atoms with Crippen molar-refractivity contribution in [3.63, 3.8) is 0 Å². The number of fused-ring (bicyclic) bond motifs is 1. The highest BCUT2D eigenvalue weighted by atomic mass is 32.2. The summed E-state index contributed by atoms with van der Waals surface area (Å²) < 4.78 is 7.99. The summed E-state index contributed by atoms with van der Waals surface area (Å²) in [5.41, 5.74) is 3.42. The molecule has 0 aliphatic carbocycles. The molecule has 0 spiro atoms. The topological polar surface area (TPSA) is 55.6 Å². The summed E-state index contributed by atoms with van der Waals surface area (Å²) >= 11 is 1.69. The first-order valence-corrected chi connectivity index (χ1v) is 9.87. The fraction of sp³-hybridized carbons (Fsp3) is 0.421. The summed E-state index contributed by atoms with van der Waals surface area (Å²) in [6, 6.07) is 12.7. The predicted molar refractivity (Wildman–Crippen MR) is 102 cm³/mol. The molecule has 0 saturated carbocycles. The van der Waals surface area contributed by atoms with Crippen LogP contribution in [0, 0.1) is 13.8 Å². The van der Waals surface area contributed by atoms with E-state index in [4.69, 9.17) is 4.74 Å². The standard InChI is InChI=1S/C19H23N5OS/c1-14-10-15(2)24-18(20-14)21-22-19(24)26-13-17-12-23(8-9-25-17)11-16-6-4-3-5-7-16/h3-7,10,17H,8-9,11-13H2,1-2H3. The summed E-state index contributed by atoms with van der Waals surface area (Å²) in [6.45, 7) is 7.71. The fourth-order valence-electron chi connectivity index (χ4n) is 3.33. The second kappa shape index (κ2) is 7.73. The Hall–Kier alpha value is -1.96. The molecule has 26 heavy (non-hydrogen) atoms. The van der Waals surface area contributed by atoms with Gasteiger partial charge in [0.15, 0.2) is 5.16 Å². The number of aryl methyl sites for hydroxylation is 2. The largest absolute Gasteiger partial charge is 0.375 e. The van der Waals surface area contributed by atoms with Gasteiger partial charge < -0.3 is 4.74 Å². The van der Waals surface area contributed by atoms with E-state index >= 15 is 0 Å². The number of benzene rings is 1. The lowest BCUT2D eigenvalue weighted by molar-refractivity contribution is -0.0187. The monoisotopic (exact) mass is 369 g/mol. The zero-order valence-corrected chi connectivity index (χ0v) is 15.9. The number of morpholine rings is 1. The minimum atomic E-state index is 0.198. The van der Waals surface area contributed by atoms with E-state index in [1.807, 2.05) is 11.3 Å². The molecule has 1 aliphatic rings. The molecule has 1 fully saturated rings. The van der Waals surface area contributed by atoms with Crippen LogP contribution in [0.4, 0.5) is 0 Å². The molecule has 0 radical (unpaired) electrons. The molecule has 7 heteroatoms. The number of rotatable bonds is 5. The number of hydrogen-bond donors (Lipinski definition) is 0.